The normalized spacial score (nSPS) is 16.5. The fourth-order valence-electron chi connectivity index (χ4n) is 2.24. The molecule has 0 bridgehead atoms. The predicted molar refractivity (Wildman–Crippen MR) is 78.3 cm³/mol. The Balaban J connectivity index is 2.18. The monoisotopic (exact) mass is 376 g/mol. The number of nitrogens with one attached hydrogen (secondary N) is 1. The van der Waals surface area contributed by atoms with Crippen molar-refractivity contribution < 1.29 is 14.8 Å². The zero-order valence-electron chi connectivity index (χ0n) is 10.1. The van der Waals surface area contributed by atoms with Gasteiger partial charge in [0.05, 0.1) is 11.3 Å². The first-order valence-electron chi connectivity index (χ1n) is 5.86. The number of carboxylic acid groups (broad SMARTS) is 1. The minimum absolute atomic E-state index is 0.0378. The highest BCUT2D eigenvalue weighted by atomic mass is 127. The summed E-state index contributed by atoms with van der Waals surface area (Å²) in [6.45, 7) is 0. The lowest BCUT2D eigenvalue weighted by Gasteiger charge is -2.42. The van der Waals surface area contributed by atoms with Crippen molar-refractivity contribution in [3.63, 3.8) is 0 Å². The lowest BCUT2D eigenvalue weighted by Crippen LogP contribution is -2.46. The molecular weight excluding hydrogens is 363 g/mol. The number of nitro groups is 1. The summed E-state index contributed by atoms with van der Waals surface area (Å²) in [5.41, 5.74) is 0.394. The van der Waals surface area contributed by atoms with Crippen molar-refractivity contribution >= 4 is 39.9 Å². The Kier molecular flexibility index (Phi) is 3.93. The SMILES string of the molecule is O=C(O)CC1(Nc2ccc([N+](=O)[O-])cc2I)CCC1. The molecule has 0 spiro atoms. The van der Waals surface area contributed by atoms with Gasteiger partial charge in [0.1, 0.15) is 0 Å². The van der Waals surface area contributed by atoms with E-state index >= 15 is 0 Å². The van der Waals surface area contributed by atoms with E-state index in [4.69, 9.17) is 5.11 Å². The third-order valence-corrected chi connectivity index (χ3v) is 4.26. The Hall–Kier alpha value is -1.38. The molecule has 19 heavy (non-hydrogen) atoms. The summed E-state index contributed by atoms with van der Waals surface area (Å²) in [5.74, 6) is -0.830. The molecule has 1 aromatic rings. The Labute approximate surface area is 123 Å². The van der Waals surface area contributed by atoms with Gasteiger partial charge in [-0.2, -0.15) is 0 Å². The van der Waals surface area contributed by atoms with Crippen LogP contribution in [0.15, 0.2) is 18.2 Å². The first kappa shape index (κ1) is 14.0. The molecule has 2 N–H and O–H groups in total. The van der Waals surface area contributed by atoms with Crippen LogP contribution in [0.2, 0.25) is 0 Å². The van der Waals surface area contributed by atoms with Gasteiger partial charge in [0.15, 0.2) is 0 Å². The maximum Gasteiger partial charge on any atom is 0.305 e. The number of nitro benzene ring substituents is 1. The lowest BCUT2D eigenvalue weighted by molar-refractivity contribution is -0.384. The van der Waals surface area contributed by atoms with Gasteiger partial charge in [-0.05, 0) is 47.9 Å². The van der Waals surface area contributed by atoms with Crippen molar-refractivity contribution in [2.45, 2.75) is 31.2 Å². The molecule has 1 fully saturated rings. The van der Waals surface area contributed by atoms with Crippen LogP contribution in [-0.4, -0.2) is 21.5 Å². The molecule has 1 aromatic carbocycles. The summed E-state index contributed by atoms with van der Waals surface area (Å²) in [6.07, 6.45) is 2.70. The standard InChI is InChI=1S/C12H13IN2O4/c13-9-6-8(15(18)19)2-3-10(9)14-12(4-1-5-12)7-11(16)17/h2-3,6,14H,1,4-5,7H2,(H,16,17). The average Bonchev–Trinajstić information content (AvgIpc) is 2.27. The third kappa shape index (κ3) is 3.14. The van der Waals surface area contributed by atoms with Gasteiger partial charge >= 0.3 is 5.97 Å². The van der Waals surface area contributed by atoms with Crippen molar-refractivity contribution in [1.29, 1.82) is 0 Å². The van der Waals surface area contributed by atoms with E-state index in [0.717, 1.165) is 28.5 Å². The maximum absolute atomic E-state index is 10.9. The number of non-ortho nitro benzene ring substituents is 1. The molecule has 7 heteroatoms. The van der Waals surface area contributed by atoms with Gasteiger partial charge in [-0.3, -0.25) is 14.9 Å². The number of hydrogen-bond acceptors (Lipinski definition) is 4. The summed E-state index contributed by atoms with van der Waals surface area (Å²) in [4.78, 5) is 21.1. The van der Waals surface area contributed by atoms with Crippen molar-refractivity contribution in [3.05, 3.63) is 31.9 Å². The Morgan fingerprint density at radius 3 is 2.63 bits per heavy atom. The molecule has 2 rings (SSSR count). The maximum atomic E-state index is 10.9. The number of carboxylic acids is 1. The first-order valence-corrected chi connectivity index (χ1v) is 6.94. The number of carbonyl (C=O) groups is 1. The molecule has 1 saturated carbocycles. The quantitative estimate of drug-likeness (QED) is 0.468. The molecule has 6 nitrogen and oxygen atoms in total. The van der Waals surface area contributed by atoms with Gasteiger partial charge < -0.3 is 10.4 Å². The number of hydrogen-bond donors (Lipinski definition) is 2. The van der Waals surface area contributed by atoms with Crippen LogP contribution in [0.5, 0.6) is 0 Å². The van der Waals surface area contributed by atoms with Crippen molar-refractivity contribution in [2.24, 2.45) is 0 Å². The molecule has 0 aliphatic heterocycles. The van der Waals surface area contributed by atoms with Gasteiger partial charge in [-0.15, -0.1) is 0 Å². The van der Waals surface area contributed by atoms with E-state index in [9.17, 15) is 14.9 Å². The second-order valence-corrected chi connectivity index (χ2v) is 5.91. The van der Waals surface area contributed by atoms with Crippen LogP contribution < -0.4 is 5.32 Å². The Morgan fingerprint density at radius 1 is 1.53 bits per heavy atom. The van der Waals surface area contributed by atoms with Crippen LogP contribution in [0.4, 0.5) is 11.4 Å². The molecule has 102 valence electrons. The second kappa shape index (κ2) is 5.32. The largest absolute Gasteiger partial charge is 0.481 e. The van der Waals surface area contributed by atoms with Crippen LogP contribution in [0.25, 0.3) is 0 Å². The highest BCUT2D eigenvalue weighted by Crippen LogP contribution is 2.39. The molecular formula is C12H13IN2O4. The van der Waals surface area contributed by atoms with Gasteiger partial charge in [0.25, 0.3) is 5.69 Å². The Bertz CT molecular complexity index is 528. The molecule has 0 saturated heterocycles. The molecule has 0 unspecified atom stereocenters. The third-order valence-electron chi connectivity index (χ3n) is 3.36. The number of benzene rings is 1. The number of halogens is 1. The van der Waals surface area contributed by atoms with E-state index in [1.807, 2.05) is 22.6 Å². The van der Waals surface area contributed by atoms with Gasteiger partial charge in [0.2, 0.25) is 0 Å². The van der Waals surface area contributed by atoms with Crippen LogP contribution in [0, 0.1) is 13.7 Å². The summed E-state index contributed by atoms with van der Waals surface area (Å²) < 4.78 is 0.725. The number of aliphatic carboxylic acids is 1. The summed E-state index contributed by atoms with van der Waals surface area (Å²) >= 11 is 2.02. The highest BCUT2D eigenvalue weighted by Gasteiger charge is 2.39. The van der Waals surface area contributed by atoms with Crippen molar-refractivity contribution in [3.8, 4) is 0 Å². The predicted octanol–water partition coefficient (Wildman–Crippen LogP) is 3.01. The van der Waals surface area contributed by atoms with E-state index in [-0.39, 0.29) is 12.1 Å². The molecule has 0 amide bonds. The van der Waals surface area contributed by atoms with Crippen LogP contribution in [0.1, 0.15) is 25.7 Å². The summed E-state index contributed by atoms with van der Waals surface area (Å²) in [6, 6.07) is 4.55. The molecule has 0 radical (unpaired) electrons. The Morgan fingerprint density at radius 2 is 2.21 bits per heavy atom. The molecule has 0 aromatic heterocycles. The van der Waals surface area contributed by atoms with E-state index in [2.05, 4.69) is 5.32 Å². The van der Waals surface area contributed by atoms with Crippen LogP contribution in [0.3, 0.4) is 0 Å². The van der Waals surface area contributed by atoms with E-state index in [0.29, 0.717) is 0 Å². The fourth-order valence-corrected chi connectivity index (χ4v) is 2.88. The number of rotatable bonds is 5. The van der Waals surface area contributed by atoms with Crippen molar-refractivity contribution in [2.75, 3.05) is 5.32 Å². The summed E-state index contributed by atoms with van der Waals surface area (Å²) in [5, 5.41) is 22.9. The van der Waals surface area contributed by atoms with Crippen LogP contribution >= 0.6 is 22.6 Å². The number of anilines is 1. The highest BCUT2D eigenvalue weighted by molar-refractivity contribution is 14.1. The molecule has 0 heterocycles. The zero-order valence-corrected chi connectivity index (χ0v) is 12.2. The lowest BCUT2D eigenvalue weighted by atomic mass is 9.74. The first-order chi connectivity index (χ1) is 8.92. The zero-order chi connectivity index (χ0) is 14.0. The molecule has 1 aliphatic carbocycles. The molecule has 0 atom stereocenters. The second-order valence-electron chi connectivity index (χ2n) is 4.75. The van der Waals surface area contributed by atoms with E-state index in [1.54, 1.807) is 6.07 Å². The summed E-state index contributed by atoms with van der Waals surface area (Å²) in [7, 11) is 0. The van der Waals surface area contributed by atoms with E-state index < -0.39 is 16.4 Å². The van der Waals surface area contributed by atoms with Crippen molar-refractivity contribution in [1.82, 2.24) is 0 Å². The molecule has 1 aliphatic rings. The smallest absolute Gasteiger partial charge is 0.305 e. The van der Waals surface area contributed by atoms with E-state index in [1.165, 1.54) is 12.1 Å². The van der Waals surface area contributed by atoms with Gasteiger partial charge in [0, 0.05) is 26.9 Å². The van der Waals surface area contributed by atoms with Gasteiger partial charge in [-0.25, -0.2) is 0 Å². The van der Waals surface area contributed by atoms with Crippen LogP contribution in [-0.2, 0) is 4.79 Å². The van der Waals surface area contributed by atoms with Gasteiger partial charge in [-0.1, -0.05) is 0 Å². The number of nitrogens with zero attached hydrogens (tertiary/aromatic N) is 1. The minimum Gasteiger partial charge on any atom is -0.481 e. The topological polar surface area (TPSA) is 92.5 Å². The minimum atomic E-state index is -0.830. The fraction of sp³-hybridized carbons (Fsp3) is 0.417. The average molecular weight is 376 g/mol.